The molecule has 4 heteroatoms. The van der Waals surface area contributed by atoms with E-state index in [1.54, 1.807) is 6.08 Å². The zero-order chi connectivity index (χ0) is 11.9. The zero-order valence-electron chi connectivity index (χ0n) is 10.1. The molecule has 0 radical (unpaired) electrons. The van der Waals surface area contributed by atoms with Crippen LogP contribution in [0.3, 0.4) is 0 Å². The summed E-state index contributed by atoms with van der Waals surface area (Å²) in [5.74, 6) is 0.753. The number of nitrogens with zero attached hydrogens (tertiary/aromatic N) is 1. The van der Waals surface area contributed by atoms with E-state index in [4.69, 9.17) is 0 Å². The van der Waals surface area contributed by atoms with Crippen molar-refractivity contribution in [3.8, 4) is 0 Å². The second-order valence-corrected chi connectivity index (χ2v) is 4.30. The molecule has 92 valence electrons. The van der Waals surface area contributed by atoms with Crippen molar-refractivity contribution in [2.75, 3.05) is 19.6 Å². The Labute approximate surface area is 97.8 Å². The Balaban J connectivity index is 2.45. The highest BCUT2D eigenvalue weighted by atomic mass is 16.3. The Hall–Kier alpha value is -1.03. The van der Waals surface area contributed by atoms with Crippen LogP contribution in [0.2, 0.25) is 0 Å². The van der Waals surface area contributed by atoms with Crippen molar-refractivity contribution in [2.24, 2.45) is 4.99 Å². The maximum atomic E-state index is 10.2. The van der Waals surface area contributed by atoms with Crippen LogP contribution in [-0.2, 0) is 0 Å². The summed E-state index contributed by atoms with van der Waals surface area (Å²) in [7, 11) is 0. The number of hydrogen-bond donors (Lipinski definition) is 3. The van der Waals surface area contributed by atoms with E-state index in [2.05, 4.69) is 22.2 Å². The van der Waals surface area contributed by atoms with Crippen molar-refractivity contribution in [1.82, 2.24) is 10.6 Å². The lowest BCUT2D eigenvalue weighted by molar-refractivity contribution is 0.0574. The van der Waals surface area contributed by atoms with Crippen LogP contribution in [-0.4, -0.2) is 36.3 Å². The fourth-order valence-corrected chi connectivity index (χ4v) is 1.93. The molecular formula is C12H23N3O. The van der Waals surface area contributed by atoms with Crippen molar-refractivity contribution in [2.45, 2.75) is 38.2 Å². The van der Waals surface area contributed by atoms with Gasteiger partial charge >= 0.3 is 0 Å². The molecule has 0 aliphatic heterocycles. The van der Waals surface area contributed by atoms with Gasteiger partial charge in [-0.2, -0.15) is 0 Å². The first kappa shape index (κ1) is 13.0. The summed E-state index contributed by atoms with van der Waals surface area (Å²) in [5.41, 5.74) is -0.573. The molecule has 1 saturated carbocycles. The van der Waals surface area contributed by atoms with Crippen molar-refractivity contribution in [3.05, 3.63) is 12.7 Å². The Kier molecular flexibility index (Phi) is 5.32. The molecule has 4 nitrogen and oxygen atoms in total. The molecule has 0 saturated heterocycles. The molecule has 0 heterocycles. The van der Waals surface area contributed by atoms with Crippen LogP contribution in [0, 0.1) is 0 Å². The maximum absolute atomic E-state index is 10.2. The smallest absolute Gasteiger partial charge is 0.191 e. The minimum Gasteiger partial charge on any atom is -0.388 e. The molecule has 0 unspecified atom stereocenters. The normalized spacial score (nSPS) is 19.5. The summed E-state index contributed by atoms with van der Waals surface area (Å²) in [6.45, 7) is 7.66. The maximum Gasteiger partial charge on any atom is 0.191 e. The fraction of sp³-hybridized carbons (Fsp3) is 0.750. The number of aliphatic imine (C=N–C) groups is 1. The van der Waals surface area contributed by atoms with Gasteiger partial charge in [-0.1, -0.05) is 18.9 Å². The Morgan fingerprint density at radius 3 is 2.69 bits per heavy atom. The largest absolute Gasteiger partial charge is 0.388 e. The minimum absolute atomic E-state index is 0.486. The van der Waals surface area contributed by atoms with E-state index >= 15 is 0 Å². The highest BCUT2D eigenvalue weighted by Gasteiger charge is 2.30. The highest BCUT2D eigenvalue weighted by Crippen LogP contribution is 2.29. The van der Waals surface area contributed by atoms with Gasteiger partial charge in [-0.25, -0.2) is 0 Å². The first-order valence-electron chi connectivity index (χ1n) is 6.05. The second kappa shape index (κ2) is 6.53. The molecule has 16 heavy (non-hydrogen) atoms. The number of aliphatic hydroxyl groups is 1. The quantitative estimate of drug-likeness (QED) is 0.372. The lowest BCUT2D eigenvalue weighted by Crippen LogP contribution is -2.39. The third-order valence-corrected chi connectivity index (χ3v) is 2.82. The predicted octanol–water partition coefficient (Wildman–Crippen LogP) is 1.03. The van der Waals surface area contributed by atoms with Crippen LogP contribution in [0.4, 0.5) is 0 Å². The third kappa shape index (κ3) is 4.23. The number of rotatable bonds is 5. The van der Waals surface area contributed by atoms with Crippen LogP contribution >= 0.6 is 0 Å². The third-order valence-electron chi connectivity index (χ3n) is 2.82. The monoisotopic (exact) mass is 225 g/mol. The number of hydrogen-bond acceptors (Lipinski definition) is 2. The summed E-state index contributed by atoms with van der Waals surface area (Å²) in [6, 6.07) is 0. The summed E-state index contributed by atoms with van der Waals surface area (Å²) < 4.78 is 0. The van der Waals surface area contributed by atoms with Gasteiger partial charge in [0.2, 0.25) is 0 Å². The summed E-state index contributed by atoms with van der Waals surface area (Å²) in [5, 5.41) is 16.4. The Morgan fingerprint density at radius 1 is 1.44 bits per heavy atom. The van der Waals surface area contributed by atoms with Crippen LogP contribution < -0.4 is 10.6 Å². The van der Waals surface area contributed by atoms with Gasteiger partial charge in [0.25, 0.3) is 0 Å². The lowest BCUT2D eigenvalue weighted by Gasteiger charge is -2.20. The predicted molar refractivity (Wildman–Crippen MR) is 67.6 cm³/mol. The van der Waals surface area contributed by atoms with Crippen molar-refractivity contribution >= 4 is 5.96 Å². The molecule has 3 N–H and O–H groups in total. The molecule has 0 amide bonds. The zero-order valence-corrected chi connectivity index (χ0v) is 10.1. The summed E-state index contributed by atoms with van der Waals surface area (Å²) in [4.78, 5) is 4.40. The topological polar surface area (TPSA) is 56.7 Å². The van der Waals surface area contributed by atoms with Gasteiger partial charge in [0.1, 0.15) is 0 Å². The Morgan fingerprint density at radius 2 is 2.12 bits per heavy atom. The highest BCUT2D eigenvalue weighted by molar-refractivity contribution is 5.79. The molecule has 1 aliphatic carbocycles. The van der Waals surface area contributed by atoms with Crippen molar-refractivity contribution in [3.63, 3.8) is 0 Å². The van der Waals surface area contributed by atoms with E-state index in [1.165, 1.54) is 0 Å². The van der Waals surface area contributed by atoms with Crippen LogP contribution in [0.15, 0.2) is 17.6 Å². The summed E-state index contributed by atoms with van der Waals surface area (Å²) in [6.07, 6.45) is 5.76. The van der Waals surface area contributed by atoms with Gasteiger partial charge in [-0.05, 0) is 19.8 Å². The van der Waals surface area contributed by atoms with E-state index in [-0.39, 0.29) is 0 Å². The molecular weight excluding hydrogens is 202 g/mol. The molecule has 0 aromatic carbocycles. The van der Waals surface area contributed by atoms with E-state index in [0.717, 1.165) is 38.2 Å². The standard InChI is InChI=1S/C12H23N3O/c1-3-9-14-11(13-4-2)15-10-12(16)7-5-6-8-12/h3,16H,1,4-10H2,2H3,(H2,13,14,15). The lowest BCUT2D eigenvalue weighted by atomic mass is 10.0. The second-order valence-electron chi connectivity index (χ2n) is 4.30. The van der Waals surface area contributed by atoms with Crippen LogP contribution in [0.25, 0.3) is 0 Å². The molecule has 0 bridgehead atoms. The molecule has 0 aromatic rings. The molecule has 1 fully saturated rings. The van der Waals surface area contributed by atoms with Crippen molar-refractivity contribution in [1.29, 1.82) is 0 Å². The average molecular weight is 225 g/mol. The Bertz CT molecular complexity index is 245. The van der Waals surface area contributed by atoms with E-state index < -0.39 is 5.60 Å². The molecule has 0 atom stereocenters. The first-order valence-corrected chi connectivity index (χ1v) is 6.05. The minimum atomic E-state index is -0.573. The SMILES string of the molecule is C=CCNC(=NCC1(O)CCCC1)NCC. The average Bonchev–Trinajstić information content (AvgIpc) is 2.70. The first-order chi connectivity index (χ1) is 7.70. The number of nitrogens with one attached hydrogen (secondary N) is 2. The molecule has 1 rings (SSSR count). The molecule has 0 spiro atoms. The van der Waals surface area contributed by atoms with Gasteiger partial charge in [0.15, 0.2) is 5.96 Å². The van der Waals surface area contributed by atoms with E-state index in [1.807, 2.05) is 6.92 Å². The van der Waals surface area contributed by atoms with Gasteiger partial charge in [-0.15, -0.1) is 6.58 Å². The fourth-order valence-electron chi connectivity index (χ4n) is 1.93. The van der Waals surface area contributed by atoms with Gasteiger partial charge in [-0.3, -0.25) is 4.99 Å². The van der Waals surface area contributed by atoms with Crippen LogP contribution in [0.5, 0.6) is 0 Å². The van der Waals surface area contributed by atoms with E-state index in [9.17, 15) is 5.11 Å². The molecule has 0 aromatic heterocycles. The van der Waals surface area contributed by atoms with E-state index in [0.29, 0.717) is 13.1 Å². The van der Waals surface area contributed by atoms with Gasteiger partial charge in [0.05, 0.1) is 12.1 Å². The van der Waals surface area contributed by atoms with Crippen LogP contribution in [0.1, 0.15) is 32.6 Å². The summed E-state index contributed by atoms with van der Waals surface area (Å²) >= 11 is 0. The van der Waals surface area contributed by atoms with Gasteiger partial charge in [0, 0.05) is 13.1 Å². The van der Waals surface area contributed by atoms with Gasteiger partial charge < -0.3 is 15.7 Å². The molecule has 1 aliphatic rings. The van der Waals surface area contributed by atoms with Crippen molar-refractivity contribution < 1.29 is 5.11 Å². The number of guanidine groups is 1.